The average Bonchev–Trinajstić information content (AvgIpc) is 3.31. The number of hydrazone groups is 1. The molecular formula is C25H22BrN3O5. The topological polar surface area (TPSA) is 98.2 Å². The highest BCUT2D eigenvalue weighted by molar-refractivity contribution is 9.10. The van der Waals surface area contributed by atoms with Gasteiger partial charge in [0, 0.05) is 5.56 Å². The smallest absolute Gasteiger partial charge is 0.259 e. The molecule has 0 unspecified atom stereocenters. The molecule has 9 heteroatoms. The number of carbonyl (C=O) groups is 2. The van der Waals surface area contributed by atoms with Crippen LogP contribution in [0.25, 0.3) is 0 Å². The Balaban J connectivity index is 1.23. The van der Waals surface area contributed by atoms with Crippen LogP contribution in [0.15, 0.2) is 70.2 Å². The summed E-state index contributed by atoms with van der Waals surface area (Å²) in [6.07, 6.45) is 1.51. The van der Waals surface area contributed by atoms with Crippen molar-refractivity contribution >= 4 is 34.0 Å². The third kappa shape index (κ3) is 6.14. The molecule has 3 aromatic carbocycles. The van der Waals surface area contributed by atoms with E-state index in [1.165, 1.54) is 11.8 Å². The van der Waals surface area contributed by atoms with Crippen LogP contribution in [0, 0.1) is 6.92 Å². The first-order valence-electron chi connectivity index (χ1n) is 10.5. The number of carbonyl (C=O) groups excluding carboxylic acids is 2. The molecule has 0 saturated carbocycles. The van der Waals surface area contributed by atoms with Gasteiger partial charge in [0.2, 0.25) is 6.79 Å². The maximum absolute atomic E-state index is 12.2. The summed E-state index contributed by atoms with van der Waals surface area (Å²) in [5.74, 6) is 0.929. The molecule has 3 aromatic rings. The molecule has 0 radical (unpaired) electrons. The van der Waals surface area contributed by atoms with Crippen LogP contribution in [0.3, 0.4) is 0 Å². The second-order valence-corrected chi connectivity index (χ2v) is 8.36. The molecule has 8 nitrogen and oxygen atoms in total. The first-order valence-corrected chi connectivity index (χ1v) is 11.2. The van der Waals surface area contributed by atoms with E-state index in [9.17, 15) is 9.59 Å². The Kier molecular flexibility index (Phi) is 7.44. The SMILES string of the molecule is Cc1ccc(COc2ccc(C=NNC(=O)CNC(=O)c3ccc4c(c3)OCO4)cc2Br)cc1. The lowest BCUT2D eigenvalue weighted by molar-refractivity contribution is -0.120. The van der Waals surface area contributed by atoms with Gasteiger partial charge in [0.1, 0.15) is 12.4 Å². The molecular weight excluding hydrogens is 502 g/mol. The van der Waals surface area contributed by atoms with E-state index >= 15 is 0 Å². The Morgan fingerprint density at radius 3 is 2.65 bits per heavy atom. The molecule has 0 fully saturated rings. The number of halogens is 1. The number of hydrogen-bond donors (Lipinski definition) is 2. The summed E-state index contributed by atoms with van der Waals surface area (Å²) >= 11 is 3.50. The third-order valence-electron chi connectivity index (χ3n) is 4.92. The maximum Gasteiger partial charge on any atom is 0.259 e. The molecule has 0 saturated heterocycles. The first kappa shape index (κ1) is 23.3. The van der Waals surface area contributed by atoms with Crippen LogP contribution in [0.1, 0.15) is 27.0 Å². The van der Waals surface area contributed by atoms with Gasteiger partial charge < -0.3 is 19.5 Å². The fourth-order valence-electron chi connectivity index (χ4n) is 3.08. The summed E-state index contributed by atoms with van der Waals surface area (Å²) in [4.78, 5) is 24.2. The fraction of sp³-hybridized carbons (Fsp3) is 0.160. The van der Waals surface area contributed by atoms with Gasteiger partial charge in [0.25, 0.3) is 11.8 Å². The van der Waals surface area contributed by atoms with Crippen molar-refractivity contribution in [1.29, 1.82) is 0 Å². The number of fused-ring (bicyclic) bond motifs is 1. The standard InChI is InChI=1S/C25H22BrN3O5/c1-16-2-4-17(5-3-16)14-32-21-8-6-18(10-20(21)26)12-28-29-24(30)13-27-25(31)19-7-9-22-23(11-19)34-15-33-22/h2-12H,13-15H2,1H3,(H,27,31)(H,29,30). The van der Waals surface area contributed by atoms with Crippen molar-refractivity contribution in [2.24, 2.45) is 5.10 Å². The van der Waals surface area contributed by atoms with E-state index in [0.717, 1.165) is 15.6 Å². The molecule has 0 aromatic heterocycles. The predicted molar refractivity (Wildman–Crippen MR) is 130 cm³/mol. The van der Waals surface area contributed by atoms with E-state index in [2.05, 4.69) is 31.8 Å². The molecule has 1 aliphatic heterocycles. The minimum absolute atomic E-state index is 0.126. The fourth-order valence-corrected chi connectivity index (χ4v) is 3.59. The molecule has 2 amide bonds. The quantitative estimate of drug-likeness (QED) is 0.344. The summed E-state index contributed by atoms with van der Waals surface area (Å²) in [5.41, 5.74) is 5.80. The minimum atomic E-state index is -0.456. The van der Waals surface area contributed by atoms with Gasteiger partial charge in [-0.25, -0.2) is 5.43 Å². The number of rotatable bonds is 8. The van der Waals surface area contributed by atoms with Crippen molar-refractivity contribution in [3.63, 3.8) is 0 Å². The lowest BCUT2D eigenvalue weighted by Gasteiger charge is -2.09. The minimum Gasteiger partial charge on any atom is -0.488 e. The Bertz CT molecular complexity index is 1230. The van der Waals surface area contributed by atoms with Crippen molar-refractivity contribution in [1.82, 2.24) is 10.7 Å². The monoisotopic (exact) mass is 523 g/mol. The highest BCUT2D eigenvalue weighted by Crippen LogP contribution is 2.32. The molecule has 0 bridgehead atoms. The third-order valence-corrected chi connectivity index (χ3v) is 5.54. The number of nitrogens with one attached hydrogen (secondary N) is 2. The van der Waals surface area contributed by atoms with Gasteiger partial charge in [-0.3, -0.25) is 9.59 Å². The van der Waals surface area contributed by atoms with Gasteiger partial charge in [0.05, 0.1) is 17.2 Å². The number of amides is 2. The van der Waals surface area contributed by atoms with Crippen LogP contribution in [-0.2, 0) is 11.4 Å². The highest BCUT2D eigenvalue weighted by Gasteiger charge is 2.16. The Morgan fingerprint density at radius 1 is 1.06 bits per heavy atom. The van der Waals surface area contributed by atoms with Gasteiger partial charge in [-0.15, -0.1) is 0 Å². The summed E-state index contributed by atoms with van der Waals surface area (Å²) in [6.45, 7) is 2.40. The largest absolute Gasteiger partial charge is 0.488 e. The van der Waals surface area contributed by atoms with Gasteiger partial charge >= 0.3 is 0 Å². The van der Waals surface area contributed by atoms with E-state index < -0.39 is 11.8 Å². The number of benzene rings is 3. The van der Waals surface area contributed by atoms with Crippen LogP contribution in [0.4, 0.5) is 0 Å². The normalized spacial score (nSPS) is 11.9. The van der Waals surface area contributed by atoms with Crippen molar-refractivity contribution in [2.45, 2.75) is 13.5 Å². The van der Waals surface area contributed by atoms with Crippen molar-refractivity contribution in [2.75, 3.05) is 13.3 Å². The summed E-state index contributed by atoms with van der Waals surface area (Å²) in [5, 5.41) is 6.48. The zero-order chi connectivity index (χ0) is 23.9. The lowest BCUT2D eigenvalue weighted by atomic mass is 10.2. The summed E-state index contributed by atoms with van der Waals surface area (Å²) in [7, 11) is 0. The summed E-state index contributed by atoms with van der Waals surface area (Å²) < 4.78 is 17.1. The molecule has 4 rings (SSSR count). The zero-order valence-corrected chi connectivity index (χ0v) is 19.9. The second kappa shape index (κ2) is 10.8. The number of hydrogen-bond acceptors (Lipinski definition) is 6. The van der Waals surface area contributed by atoms with E-state index in [4.69, 9.17) is 14.2 Å². The van der Waals surface area contributed by atoms with Gasteiger partial charge in [-0.2, -0.15) is 5.10 Å². The molecule has 0 aliphatic carbocycles. The summed E-state index contributed by atoms with van der Waals surface area (Å²) in [6, 6.07) is 18.5. The van der Waals surface area contributed by atoms with Crippen molar-refractivity contribution in [3.05, 3.63) is 87.4 Å². The van der Waals surface area contributed by atoms with Gasteiger partial charge in [-0.05, 0) is 70.4 Å². The first-order chi connectivity index (χ1) is 16.5. The van der Waals surface area contributed by atoms with Crippen LogP contribution in [0.2, 0.25) is 0 Å². The maximum atomic E-state index is 12.2. The Morgan fingerprint density at radius 2 is 1.85 bits per heavy atom. The second-order valence-electron chi connectivity index (χ2n) is 7.51. The van der Waals surface area contributed by atoms with E-state index in [-0.39, 0.29) is 13.3 Å². The highest BCUT2D eigenvalue weighted by atomic mass is 79.9. The van der Waals surface area contributed by atoms with E-state index in [1.54, 1.807) is 18.2 Å². The number of aryl methyl sites for hydroxylation is 1. The lowest BCUT2D eigenvalue weighted by Crippen LogP contribution is -2.34. The zero-order valence-electron chi connectivity index (χ0n) is 18.3. The Hall–Kier alpha value is -3.85. The van der Waals surface area contributed by atoms with Crippen molar-refractivity contribution in [3.8, 4) is 17.2 Å². The van der Waals surface area contributed by atoms with Crippen molar-refractivity contribution < 1.29 is 23.8 Å². The molecule has 0 atom stereocenters. The van der Waals surface area contributed by atoms with Gasteiger partial charge in [0.15, 0.2) is 11.5 Å². The molecule has 1 heterocycles. The van der Waals surface area contributed by atoms with Crippen LogP contribution < -0.4 is 25.0 Å². The molecule has 0 spiro atoms. The van der Waals surface area contributed by atoms with E-state index in [0.29, 0.717) is 29.4 Å². The van der Waals surface area contributed by atoms with Crippen LogP contribution >= 0.6 is 15.9 Å². The predicted octanol–water partition coefficient (Wildman–Crippen LogP) is 3.95. The van der Waals surface area contributed by atoms with Crippen LogP contribution in [0.5, 0.6) is 17.2 Å². The Labute approximate surface area is 205 Å². The molecule has 34 heavy (non-hydrogen) atoms. The van der Waals surface area contributed by atoms with Gasteiger partial charge in [-0.1, -0.05) is 29.8 Å². The van der Waals surface area contributed by atoms with Crippen LogP contribution in [-0.4, -0.2) is 31.4 Å². The number of nitrogens with zero attached hydrogens (tertiary/aromatic N) is 1. The average molecular weight is 524 g/mol. The molecule has 1 aliphatic rings. The number of ether oxygens (including phenoxy) is 3. The van der Waals surface area contributed by atoms with E-state index in [1.807, 2.05) is 49.4 Å². The molecule has 2 N–H and O–H groups in total. The molecule has 174 valence electrons.